The van der Waals surface area contributed by atoms with Crippen LogP contribution >= 0.6 is 23.7 Å². The van der Waals surface area contributed by atoms with Crippen LogP contribution in [-0.2, 0) is 6.54 Å². The lowest BCUT2D eigenvalue weighted by molar-refractivity contribution is 0.100. The quantitative estimate of drug-likeness (QED) is 0.885. The van der Waals surface area contributed by atoms with Gasteiger partial charge in [-0.1, -0.05) is 0 Å². The molecule has 0 aromatic carbocycles. The summed E-state index contributed by atoms with van der Waals surface area (Å²) >= 11 is 1.61. The second-order valence-electron chi connectivity index (χ2n) is 4.75. The summed E-state index contributed by atoms with van der Waals surface area (Å²) in [6.07, 6.45) is 0. The third-order valence-corrected chi connectivity index (χ3v) is 4.11. The van der Waals surface area contributed by atoms with Crippen molar-refractivity contribution in [2.24, 2.45) is 5.73 Å². The fourth-order valence-corrected chi connectivity index (χ4v) is 3.01. The minimum atomic E-state index is -0.339. The number of piperazine rings is 1. The summed E-state index contributed by atoms with van der Waals surface area (Å²) in [5.74, 6) is -0.339. The lowest BCUT2D eigenvalue weighted by Crippen LogP contribution is -2.53. The van der Waals surface area contributed by atoms with Gasteiger partial charge < -0.3 is 11.1 Å². The highest BCUT2D eigenvalue weighted by Gasteiger charge is 2.22. The van der Waals surface area contributed by atoms with Crippen LogP contribution in [0.3, 0.4) is 0 Å². The number of nitrogens with one attached hydrogen (secondary N) is 1. The van der Waals surface area contributed by atoms with E-state index in [2.05, 4.69) is 24.1 Å². The molecule has 0 saturated carbocycles. The molecule has 1 amide bonds. The van der Waals surface area contributed by atoms with Gasteiger partial charge in [-0.3, -0.25) is 9.69 Å². The molecule has 1 fully saturated rings. The average Bonchev–Trinajstić information content (AvgIpc) is 2.72. The number of primary amides is 1. The fourth-order valence-electron chi connectivity index (χ4n) is 2.11. The molecule has 1 saturated heterocycles. The first-order chi connectivity index (χ1) is 8.06. The first-order valence-electron chi connectivity index (χ1n) is 5.91. The number of rotatable bonds is 3. The third kappa shape index (κ3) is 3.68. The second kappa shape index (κ2) is 6.52. The van der Waals surface area contributed by atoms with Crippen molar-refractivity contribution >= 4 is 29.7 Å². The lowest BCUT2D eigenvalue weighted by Gasteiger charge is -2.37. The monoisotopic (exact) mass is 289 g/mol. The number of hydrogen-bond donors (Lipinski definition) is 2. The summed E-state index contributed by atoms with van der Waals surface area (Å²) in [7, 11) is 0. The van der Waals surface area contributed by atoms with Crippen molar-refractivity contribution in [2.45, 2.75) is 32.5 Å². The molecule has 0 spiro atoms. The first-order valence-corrected chi connectivity index (χ1v) is 6.79. The van der Waals surface area contributed by atoms with Crippen LogP contribution < -0.4 is 11.1 Å². The zero-order valence-corrected chi connectivity index (χ0v) is 12.3. The summed E-state index contributed by atoms with van der Waals surface area (Å²) in [5, 5.41) is 5.30. The topological polar surface area (TPSA) is 58.4 Å². The van der Waals surface area contributed by atoms with Crippen molar-refractivity contribution in [3.8, 4) is 0 Å². The van der Waals surface area contributed by atoms with Crippen molar-refractivity contribution in [3.63, 3.8) is 0 Å². The van der Waals surface area contributed by atoms with Gasteiger partial charge in [-0.05, 0) is 19.9 Å². The van der Waals surface area contributed by atoms with Gasteiger partial charge in [0, 0.05) is 42.0 Å². The van der Waals surface area contributed by atoms with Crippen molar-refractivity contribution in [1.29, 1.82) is 0 Å². The summed E-state index contributed by atoms with van der Waals surface area (Å²) in [6.45, 7) is 7.40. The Labute approximate surface area is 118 Å². The molecule has 1 aliphatic rings. The van der Waals surface area contributed by atoms with Gasteiger partial charge in [0.05, 0.1) is 5.56 Å². The highest BCUT2D eigenvalue weighted by molar-refractivity contribution is 7.10. The first kappa shape index (κ1) is 15.4. The maximum absolute atomic E-state index is 11.0. The lowest BCUT2D eigenvalue weighted by atomic mass is 10.1. The van der Waals surface area contributed by atoms with Gasteiger partial charge in [-0.15, -0.1) is 23.7 Å². The Hall–Kier alpha value is -0.620. The molecule has 2 unspecified atom stereocenters. The molecule has 1 aromatic rings. The number of carbonyl (C=O) groups excluding carboxylic acids is 1. The van der Waals surface area contributed by atoms with Gasteiger partial charge >= 0.3 is 0 Å². The number of hydrogen-bond acceptors (Lipinski definition) is 4. The number of thiophene rings is 1. The number of nitrogens with two attached hydrogens (primary N) is 1. The zero-order chi connectivity index (χ0) is 12.4. The third-order valence-electron chi connectivity index (χ3n) is 3.19. The van der Waals surface area contributed by atoms with Gasteiger partial charge in [0.2, 0.25) is 5.91 Å². The van der Waals surface area contributed by atoms with Crippen LogP contribution in [0.1, 0.15) is 29.1 Å². The van der Waals surface area contributed by atoms with Gasteiger partial charge in [-0.2, -0.15) is 0 Å². The second-order valence-corrected chi connectivity index (χ2v) is 5.75. The Bertz CT molecular complexity index is 410. The zero-order valence-electron chi connectivity index (χ0n) is 10.7. The molecule has 0 aliphatic carbocycles. The molecule has 0 radical (unpaired) electrons. The average molecular weight is 290 g/mol. The molecule has 0 bridgehead atoms. The van der Waals surface area contributed by atoms with E-state index in [1.165, 1.54) is 4.88 Å². The van der Waals surface area contributed by atoms with Crippen LogP contribution in [0, 0.1) is 0 Å². The molecule has 1 aliphatic heterocycles. The maximum atomic E-state index is 11.0. The van der Waals surface area contributed by atoms with Crippen LogP contribution in [0.2, 0.25) is 0 Å². The van der Waals surface area contributed by atoms with Crippen LogP contribution in [0.25, 0.3) is 0 Å². The molecule has 6 heteroatoms. The summed E-state index contributed by atoms with van der Waals surface area (Å²) in [6, 6.07) is 2.97. The molecule has 3 N–H and O–H groups in total. The Morgan fingerprint density at radius 2 is 2.33 bits per heavy atom. The highest BCUT2D eigenvalue weighted by atomic mass is 35.5. The van der Waals surface area contributed by atoms with E-state index >= 15 is 0 Å². The SMILES string of the molecule is CC1CN(Cc2cc(C(N)=O)cs2)C(C)CN1.Cl. The molecule has 1 aromatic heterocycles. The molecule has 102 valence electrons. The summed E-state index contributed by atoms with van der Waals surface area (Å²) in [4.78, 5) is 14.7. The van der Waals surface area contributed by atoms with E-state index in [9.17, 15) is 4.79 Å². The van der Waals surface area contributed by atoms with E-state index in [-0.39, 0.29) is 18.3 Å². The molecule has 18 heavy (non-hydrogen) atoms. The summed E-state index contributed by atoms with van der Waals surface area (Å²) in [5.41, 5.74) is 5.88. The Morgan fingerprint density at radius 3 is 2.94 bits per heavy atom. The largest absolute Gasteiger partial charge is 0.366 e. The number of halogens is 1. The predicted molar refractivity (Wildman–Crippen MR) is 77.4 cm³/mol. The minimum Gasteiger partial charge on any atom is -0.366 e. The molecule has 2 heterocycles. The van der Waals surface area contributed by atoms with E-state index < -0.39 is 0 Å². The van der Waals surface area contributed by atoms with Crippen LogP contribution in [0.4, 0.5) is 0 Å². The Morgan fingerprint density at radius 1 is 1.61 bits per heavy atom. The Balaban J connectivity index is 0.00000162. The van der Waals surface area contributed by atoms with Crippen molar-refractivity contribution in [1.82, 2.24) is 10.2 Å². The van der Waals surface area contributed by atoms with E-state index in [0.717, 1.165) is 19.6 Å². The van der Waals surface area contributed by atoms with Gasteiger partial charge in [-0.25, -0.2) is 0 Å². The van der Waals surface area contributed by atoms with E-state index in [1.54, 1.807) is 11.3 Å². The molecular weight excluding hydrogens is 270 g/mol. The molecule has 4 nitrogen and oxygen atoms in total. The standard InChI is InChI=1S/C12H19N3OS.ClH/c1-8-5-15(9(2)4-14-8)6-11-3-10(7-17-11)12(13)16;/h3,7-9,14H,4-6H2,1-2H3,(H2,13,16);1H. The number of carbonyl (C=O) groups is 1. The van der Waals surface area contributed by atoms with Crippen LogP contribution in [0.5, 0.6) is 0 Å². The predicted octanol–water partition coefficient (Wildman–Crippen LogP) is 1.45. The highest BCUT2D eigenvalue weighted by Crippen LogP contribution is 2.19. The van der Waals surface area contributed by atoms with Gasteiger partial charge in [0.25, 0.3) is 0 Å². The van der Waals surface area contributed by atoms with E-state index in [0.29, 0.717) is 17.6 Å². The van der Waals surface area contributed by atoms with E-state index in [1.807, 2.05) is 11.4 Å². The van der Waals surface area contributed by atoms with Gasteiger partial charge in [0.15, 0.2) is 0 Å². The van der Waals surface area contributed by atoms with Gasteiger partial charge in [0.1, 0.15) is 0 Å². The van der Waals surface area contributed by atoms with E-state index in [4.69, 9.17) is 5.73 Å². The molecule has 2 rings (SSSR count). The molecular formula is C12H20ClN3OS. The Kier molecular flexibility index (Phi) is 5.59. The minimum absolute atomic E-state index is 0. The van der Waals surface area contributed by atoms with Crippen LogP contribution in [0.15, 0.2) is 11.4 Å². The fraction of sp³-hybridized carbons (Fsp3) is 0.583. The maximum Gasteiger partial charge on any atom is 0.249 e. The smallest absolute Gasteiger partial charge is 0.249 e. The van der Waals surface area contributed by atoms with Crippen molar-refractivity contribution < 1.29 is 4.79 Å². The van der Waals surface area contributed by atoms with Crippen molar-refractivity contribution in [3.05, 3.63) is 21.9 Å². The van der Waals surface area contributed by atoms with Crippen LogP contribution in [-0.4, -0.2) is 36.0 Å². The number of nitrogens with zero attached hydrogens (tertiary/aromatic N) is 1. The summed E-state index contributed by atoms with van der Waals surface area (Å²) < 4.78 is 0. The normalized spacial score (nSPS) is 24.6. The molecule has 2 atom stereocenters. The number of amides is 1. The van der Waals surface area contributed by atoms with Crippen molar-refractivity contribution in [2.75, 3.05) is 13.1 Å².